The van der Waals surface area contributed by atoms with E-state index in [2.05, 4.69) is 6.58 Å². The lowest BCUT2D eigenvalue weighted by molar-refractivity contribution is -0.138. The molecule has 0 N–H and O–H groups in total. The Morgan fingerprint density at radius 1 is 1.31 bits per heavy atom. The van der Waals surface area contributed by atoms with E-state index in [9.17, 15) is 4.79 Å². The van der Waals surface area contributed by atoms with Gasteiger partial charge in [-0.2, -0.15) is 0 Å². The molecule has 86 valence electrons. The molecule has 0 saturated heterocycles. The molecule has 0 amide bonds. The van der Waals surface area contributed by atoms with Crippen molar-refractivity contribution in [1.29, 1.82) is 0 Å². The molecule has 0 fully saturated rings. The molecule has 0 aliphatic carbocycles. The molecular formula is C13H15ClO2. The quantitative estimate of drug-likeness (QED) is 0.448. The Bertz CT molecular complexity index is 368. The SMILES string of the molecule is C=C(C)C(=O)OCCc1ccc(CCl)cc1. The third kappa shape index (κ3) is 4.07. The fraction of sp³-hybridized carbons (Fsp3) is 0.308. The monoisotopic (exact) mass is 238 g/mol. The summed E-state index contributed by atoms with van der Waals surface area (Å²) in [5.41, 5.74) is 2.64. The molecule has 1 rings (SSSR count). The molecule has 0 aliphatic rings. The molecule has 0 atom stereocenters. The average Bonchev–Trinajstić information content (AvgIpc) is 2.29. The van der Waals surface area contributed by atoms with E-state index in [4.69, 9.17) is 16.3 Å². The third-order valence-corrected chi connectivity index (χ3v) is 2.46. The van der Waals surface area contributed by atoms with Crippen LogP contribution in [-0.2, 0) is 21.8 Å². The van der Waals surface area contributed by atoms with Gasteiger partial charge < -0.3 is 4.74 Å². The zero-order valence-electron chi connectivity index (χ0n) is 9.33. The molecule has 0 saturated carbocycles. The zero-order valence-corrected chi connectivity index (χ0v) is 10.1. The number of carbonyl (C=O) groups is 1. The second kappa shape index (κ2) is 6.33. The van der Waals surface area contributed by atoms with Crippen LogP contribution in [0.15, 0.2) is 36.4 Å². The van der Waals surface area contributed by atoms with Crippen LogP contribution >= 0.6 is 11.6 Å². The highest BCUT2D eigenvalue weighted by atomic mass is 35.5. The number of ether oxygens (including phenoxy) is 1. The highest BCUT2D eigenvalue weighted by Gasteiger charge is 2.02. The molecular weight excluding hydrogens is 224 g/mol. The zero-order chi connectivity index (χ0) is 12.0. The largest absolute Gasteiger partial charge is 0.462 e. The fourth-order valence-electron chi connectivity index (χ4n) is 1.18. The highest BCUT2D eigenvalue weighted by Crippen LogP contribution is 2.07. The minimum Gasteiger partial charge on any atom is -0.462 e. The molecule has 0 heterocycles. The summed E-state index contributed by atoms with van der Waals surface area (Å²) in [5.74, 6) is 0.183. The summed E-state index contributed by atoms with van der Waals surface area (Å²) < 4.78 is 5.00. The maximum Gasteiger partial charge on any atom is 0.333 e. The van der Waals surface area contributed by atoms with Crippen molar-refractivity contribution in [2.75, 3.05) is 6.61 Å². The van der Waals surface area contributed by atoms with Gasteiger partial charge in [-0.3, -0.25) is 0 Å². The lowest BCUT2D eigenvalue weighted by Crippen LogP contribution is -2.07. The van der Waals surface area contributed by atoms with Gasteiger partial charge in [0.25, 0.3) is 0 Å². The van der Waals surface area contributed by atoms with Crippen molar-refractivity contribution in [3.8, 4) is 0 Å². The van der Waals surface area contributed by atoms with Gasteiger partial charge in [-0.25, -0.2) is 4.79 Å². The first-order chi connectivity index (χ1) is 7.63. The Kier molecular flexibility index (Phi) is 5.06. The van der Waals surface area contributed by atoms with Crippen LogP contribution in [0.5, 0.6) is 0 Å². The van der Waals surface area contributed by atoms with Gasteiger partial charge in [0.05, 0.1) is 6.61 Å². The molecule has 0 spiro atoms. The maximum absolute atomic E-state index is 11.1. The smallest absolute Gasteiger partial charge is 0.333 e. The number of halogens is 1. The van der Waals surface area contributed by atoms with E-state index >= 15 is 0 Å². The van der Waals surface area contributed by atoms with Crippen LogP contribution in [0.4, 0.5) is 0 Å². The molecule has 0 aromatic heterocycles. The van der Waals surface area contributed by atoms with Gasteiger partial charge in [0, 0.05) is 17.9 Å². The molecule has 3 heteroatoms. The van der Waals surface area contributed by atoms with Gasteiger partial charge in [-0.15, -0.1) is 11.6 Å². The van der Waals surface area contributed by atoms with Crippen LogP contribution in [0.1, 0.15) is 18.1 Å². The van der Waals surface area contributed by atoms with Gasteiger partial charge in [-0.1, -0.05) is 30.8 Å². The minimum absolute atomic E-state index is 0.336. The van der Waals surface area contributed by atoms with Gasteiger partial charge >= 0.3 is 5.97 Å². The molecule has 1 aromatic carbocycles. The number of benzene rings is 1. The Morgan fingerprint density at radius 2 is 1.88 bits per heavy atom. The molecule has 16 heavy (non-hydrogen) atoms. The van der Waals surface area contributed by atoms with Crippen LogP contribution in [0.2, 0.25) is 0 Å². The first kappa shape index (κ1) is 12.8. The predicted molar refractivity (Wildman–Crippen MR) is 65.5 cm³/mol. The van der Waals surface area contributed by atoms with Crippen molar-refractivity contribution < 1.29 is 9.53 Å². The van der Waals surface area contributed by atoms with Gasteiger partial charge in [0.15, 0.2) is 0 Å². The second-order valence-corrected chi connectivity index (χ2v) is 3.88. The summed E-state index contributed by atoms with van der Waals surface area (Å²) in [6, 6.07) is 7.93. The predicted octanol–water partition coefficient (Wildman–Crippen LogP) is 3.09. The maximum atomic E-state index is 11.1. The summed E-state index contributed by atoms with van der Waals surface area (Å²) in [6.45, 7) is 5.53. The van der Waals surface area contributed by atoms with E-state index in [0.717, 1.165) is 11.1 Å². The standard InChI is InChI=1S/C13H15ClO2/c1-10(2)13(15)16-8-7-11-3-5-12(9-14)6-4-11/h3-6H,1,7-9H2,2H3. The second-order valence-electron chi connectivity index (χ2n) is 3.62. The van der Waals surface area contributed by atoms with Crippen molar-refractivity contribution in [3.05, 3.63) is 47.5 Å². The summed E-state index contributed by atoms with van der Waals surface area (Å²) >= 11 is 5.68. The van der Waals surface area contributed by atoms with E-state index in [0.29, 0.717) is 24.5 Å². The van der Waals surface area contributed by atoms with E-state index in [-0.39, 0.29) is 5.97 Å². The van der Waals surface area contributed by atoms with E-state index in [1.807, 2.05) is 24.3 Å². The average molecular weight is 239 g/mol. The first-order valence-corrected chi connectivity index (χ1v) is 5.63. The van der Waals surface area contributed by atoms with Crippen molar-refractivity contribution in [2.24, 2.45) is 0 Å². The van der Waals surface area contributed by atoms with Crippen molar-refractivity contribution in [1.82, 2.24) is 0 Å². The highest BCUT2D eigenvalue weighted by molar-refractivity contribution is 6.17. The molecule has 1 aromatic rings. The lowest BCUT2D eigenvalue weighted by atomic mass is 10.1. The van der Waals surface area contributed by atoms with Crippen LogP contribution < -0.4 is 0 Å². The summed E-state index contributed by atoms with van der Waals surface area (Å²) in [6.07, 6.45) is 0.710. The van der Waals surface area contributed by atoms with Gasteiger partial charge in [-0.05, 0) is 18.1 Å². The summed E-state index contributed by atoms with van der Waals surface area (Å²) in [7, 11) is 0. The Hall–Kier alpha value is -1.28. The van der Waals surface area contributed by atoms with Crippen LogP contribution in [-0.4, -0.2) is 12.6 Å². The number of rotatable bonds is 5. The van der Waals surface area contributed by atoms with Crippen molar-refractivity contribution >= 4 is 17.6 Å². The number of alkyl halides is 1. The van der Waals surface area contributed by atoms with E-state index in [1.54, 1.807) is 6.92 Å². The Morgan fingerprint density at radius 3 is 2.38 bits per heavy atom. The Labute approximate surface area is 101 Å². The number of esters is 1. The summed E-state index contributed by atoms with van der Waals surface area (Å²) in [5, 5.41) is 0. The van der Waals surface area contributed by atoms with Crippen LogP contribution in [0.25, 0.3) is 0 Å². The van der Waals surface area contributed by atoms with E-state index in [1.165, 1.54) is 0 Å². The Balaban J connectivity index is 2.37. The molecule has 2 nitrogen and oxygen atoms in total. The molecule has 0 radical (unpaired) electrons. The van der Waals surface area contributed by atoms with Gasteiger partial charge in [0.1, 0.15) is 0 Å². The number of hydrogen-bond donors (Lipinski definition) is 0. The number of carbonyl (C=O) groups excluding carboxylic acids is 1. The molecule has 0 aliphatic heterocycles. The third-order valence-electron chi connectivity index (χ3n) is 2.15. The van der Waals surface area contributed by atoms with Crippen molar-refractivity contribution in [2.45, 2.75) is 19.2 Å². The lowest BCUT2D eigenvalue weighted by Gasteiger charge is -2.04. The van der Waals surface area contributed by atoms with Gasteiger partial charge in [0.2, 0.25) is 0 Å². The summed E-state index contributed by atoms with van der Waals surface area (Å²) in [4.78, 5) is 11.1. The van der Waals surface area contributed by atoms with Crippen molar-refractivity contribution in [3.63, 3.8) is 0 Å². The number of hydrogen-bond acceptors (Lipinski definition) is 2. The normalized spacial score (nSPS) is 9.88. The van der Waals surface area contributed by atoms with E-state index < -0.39 is 0 Å². The van der Waals surface area contributed by atoms with Crippen LogP contribution in [0, 0.1) is 0 Å². The molecule has 0 unspecified atom stereocenters. The minimum atomic E-state index is -0.336. The van der Waals surface area contributed by atoms with Crippen LogP contribution in [0.3, 0.4) is 0 Å². The fourth-order valence-corrected chi connectivity index (χ4v) is 1.36. The molecule has 0 bridgehead atoms. The first-order valence-electron chi connectivity index (χ1n) is 5.10. The topological polar surface area (TPSA) is 26.3 Å².